The van der Waals surface area contributed by atoms with Crippen LogP contribution < -0.4 is 10.0 Å². The normalized spacial score (nSPS) is 20.0. The molecule has 0 spiro atoms. The molecule has 0 fully saturated rings. The van der Waals surface area contributed by atoms with Gasteiger partial charge in [-0.05, 0) is 42.7 Å². The van der Waals surface area contributed by atoms with E-state index in [9.17, 15) is 8.42 Å². The molecule has 8 heteroatoms. The second kappa shape index (κ2) is 8.14. The van der Waals surface area contributed by atoms with Crippen molar-refractivity contribution < 1.29 is 8.42 Å². The molecule has 28 heavy (non-hydrogen) atoms. The Bertz CT molecular complexity index is 947. The van der Waals surface area contributed by atoms with Crippen molar-refractivity contribution in [3.05, 3.63) is 71.1 Å². The molecule has 1 atom stereocenters. The maximum absolute atomic E-state index is 12.1. The highest BCUT2D eigenvalue weighted by molar-refractivity contribution is 8.03. The first kappa shape index (κ1) is 20.7. The van der Waals surface area contributed by atoms with Crippen molar-refractivity contribution in [3.63, 3.8) is 0 Å². The molecule has 0 saturated carbocycles. The number of pyridine rings is 1. The van der Waals surface area contributed by atoms with Gasteiger partial charge in [-0.25, -0.2) is 8.42 Å². The summed E-state index contributed by atoms with van der Waals surface area (Å²) in [5.41, 5.74) is 2.07. The van der Waals surface area contributed by atoms with E-state index in [4.69, 9.17) is 0 Å². The van der Waals surface area contributed by atoms with E-state index in [0.29, 0.717) is 6.54 Å². The van der Waals surface area contributed by atoms with Crippen LogP contribution in [0.1, 0.15) is 26.3 Å². The first-order valence-electron chi connectivity index (χ1n) is 9.09. The van der Waals surface area contributed by atoms with Crippen molar-refractivity contribution in [1.82, 2.24) is 19.9 Å². The average Bonchev–Trinajstić information content (AvgIpc) is 2.88. The van der Waals surface area contributed by atoms with E-state index in [2.05, 4.69) is 45.9 Å². The number of nitrogens with one attached hydrogen (secondary N) is 2. The molecule has 1 aliphatic heterocycles. The number of hydrogen-bond acceptors (Lipinski definition) is 6. The number of rotatable bonds is 7. The lowest BCUT2D eigenvalue weighted by Gasteiger charge is -2.38. The second-order valence-corrected chi connectivity index (χ2v) is 10.1. The largest absolute Gasteiger partial charge is 0.351 e. The zero-order valence-corrected chi connectivity index (χ0v) is 18.1. The second-order valence-electron chi connectivity index (χ2n) is 7.30. The van der Waals surface area contributed by atoms with Crippen LogP contribution in [0, 0.1) is 5.92 Å². The lowest BCUT2D eigenvalue weighted by atomic mass is 10.1. The summed E-state index contributed by atoms with van der Waals surface area (Å²) in [6, 6.07) is 14.0. The SMILES string of the molecule is CC(C)C1=C(Sc2ccccc2)N(Cc2ccncc2)C(C)(NS(C)(=O)=O)N1. The molecular weight excluding hydrogens is 392 g/mol. The molecule has 0 radical (unpaired) electrons. The van der Waals surface area contributed by atoms with E-state index >= 15 is 0 Å². The minimum absolute atomic E-state index is 0.203. The fraction of sp³-hybridized carbons (Fsp3) is 0.350. The molecule has 6 nitrogen and oxygen atoms in total. The third kappa shape index (κ3) is 4.87. The van der Waals surface area contributed by atoms with Crippen LogP contribution >= 0.6 is 11.8 Å². The van der Waals surface area contributed by atoms with Crippen LogP contribution in [0.15, 0.2) is 70.5 Å². The number of nitrogens with zero attached hydrogens (tertiary/aromatic N) is 2. The lowest BCUT2D eigenvalue weighted by molar-refractivity contribution is 0.136. The Morgan fingerprint density at radius 1 is 1.18 bits per heavy atom. The summed E-state index contributed by atoms with van der Waals surface area (Å²) < 4.78 is 27.0. The molecule has 1 aromatic carbocycles. The molecule has 1 aliphatic rings. The summed E-state index contributed by atoms with van der Waals surface area (Å²) >= 11 is 1.64. The smallest absolute Gasteiger partial charge is 0.212 e. The molecule has 150 valence electrons. The van der Waals surface area contributed by atoms with E-state index in [1.54, 1.807) is 24.2 Å². The number of benzene rings is 1. The van der Waals surface area contributed by atoms with Crippen molar-refractivity contribution in [3.8, 4) is 0 Å². The molecule has 2 heterocycles. The standard InChI is InChI=1S/C20H26N4O2S2/c1-15(2)18-19(27-17-8-6-5-7-9-17)24(14-16-10-12-21-13-11-16)20(3,22-18)23-28(4,25)26/h5-13,15,22-23H,14H2,1-4H3. The maximum atomic E-state index is 12.1. The molecular formula is C20H26N4O2S2. The highest BCUT2D eigenvalue weighted by atomic mass is 32.2. The van der Waals surface area contributed by atoms with Gasteiger partial charge in [-0.1, -0.05) is 43.8 Å². The van der Waals surface area contributed by atoms with E-state index in [-0.39, 0.29) is 5.92 Å². The Balaban J connectivity index is 2.04. The number of thioether (sulfide) groups is 1. The van der Waals surface area contributed by atoms with Crippen LogP contribution in [0.3, 0.4) is 0 Å². The Labute approximate surface area is 171 Å². The molecule has 2 aromatic rings. The fourth-order valence-corrected chi connectivity index (χ4v) is 5.33. The maximum Gasteiger partial charge on any atom is 0.212 e. The van der Waals surface area contributed by atoms with Crippen LogP contribution in [0.5, 0.6) is 0 Å². The third-order valence-electron chi connectivity index (χ3n) is 4.40. The number of allylic oxidation sites excluding steroid dienone is 1. The van der Waals surface area contributed by atoms with Crippen LogP contribution in [-0.4, -0.2) is 30.3 Å². The van der Waals surface area contributed by atoms with Crippen molar-refractivity contribution in [2.24, 2.45) is 5.92 Å². The summed E-state index contributed by atoms with van der Waals surface area (Å²) in [5, 5.41) is 4.45. The molecule has 1 unspecified atom stereocenters. The van der Waals surface area contributed by atoms with Gasteiger partial charge in [0.25, 0.3) is 0 Å². The summed E-state index contributed by atoms with van der Waals surface area (Å²) in [4.78, 5) is 7.26. The van der Waals surface area contributed by atoms with Crippen molar-refractivity contribution in [2.75, 3.05) is 6.26 Å². The number of sulfonamides is 1. The average molecular weight is 419 g/mol. The zero-order chi connectivity index (χ0) is 20.4. The molecule has 1 aromatic heterocycles. The van der Waals surface area contributed by atoms with Gasteiger partial charge in [0.1, 0.15) is 0 Å². The summed E-state index contributed by atoms with van der Waals surface area (Å²) in [7, 11) is -3.44. The predicted molar refractivity (Wildman–Crippen MR) is 113 cm³/mol. The number of aromatic nitrogens is 1. The monoisotopic (exact) mass is 418 g/mol. The Morgan fingerprint density at radius 3 is 2.39 bits per heavy atom. The Morgan fingerprint density at radius 2 is 1.82 bits per heavy atom. The summed E-state index contributed by atoms with van der Waals surface area (Å²) in [6.45, 7) is 6.60. The van der Waals surface area contributed by atoms with Gasteiger partial charge >= 0.3 is 0 Å². The fourth-order valence-electron chi connectivity index (χ4n) is 3.18. The zero-order valence-electron chi connectivity index (χ0n) is 16.5. The van der Waals surface area contributed by atoms with Crippen molar-refractivity contribution in [1.29, 1.82) is 0 Å². The Kier molecular flexibility index (Phi) is 6.02. The lowest BCUT2D eigenvalue weighted by Crippen LogP contribution is -2.61. The van der Waals surface area contributed by atoms with Crippen LogP contribution in [0.2, 0.25) is 0 Å². The molecule has 0 amide bonds. The van der Waals surface area contributed by atoms with E-state index in [1.807, 2.05) is 37.3 Å². The molecule has 2 N–H and O–H groups in total. The van der Waals surface area contributed by atoms with Gasteiger partial charge in [0.2, 0.25) is 10.0 Å². The van der Waals surface area contributed by atoms with Gasteiger partial charge in [-0.3, -0.25) is 4.98 Å². The highest BCUT2D eigenvalue weighted by Gasteiger charge is 2.44. The first-order chi connectivity index (χ1) is 13.2. The van der Waals surface area contributed by atoms with Gasteiger partial charge in [0.15, 0.2) is 5.79 Å². The van der Waals surface area contributed by atoms with Gasteiger partial charge in [-0.15, -0.1) is 0 Å². The molecule has 0 bridgehead atoms. The van der Waals surface area contributed by atoms with Gasteiger partial charge in [0.05, 0.1) is 11.3 Å². The minimum Gasteiger partial charge on any atom is -0.351 e. The van der Waals surface area contributed by atoms with Gasteiger partial charge in [-0.2, -0.15) is 4.72 Å². The molecule has 0 aliphatic carbocycles. The molecule has 3 rings (SSSR count). The minimum atomic E-state index is -3.44. The van der Waals surface area contributed by atoms with Crippen molar-refractivity contribution in [2.45, 2.75) is 38.0 Å². The van der Waals surface area contributed by atoms with Crippen LogP contribution in [0.4, 0.5) is 0 Å². The number of hydrogen-bond donors (Lipinski definition) is 2. The van der Waals surface area contributed by atoms with Gasteiger partial charge < -0.3 is 10.2 Å². The highest BCUT2D eigenvalue weighted by Crippen LogP contribution is 2.41. The third-order valence-corrected chi connectivity index (χ3v) is 6.31. The van der Waals surface area contributed by atoms with E-state index in [1.165, 1.54) is 6.26 Å². The first-order valence-corrected chi connectivity index (χ1v) is 11.8. The quantitative estimate of drug-likeness (QED) is 0.719. The van der Waals surface area contributed by atoms with Gasteiger partial charge in [0, 0.05) is 29.5 Å². The topological polar surface area (TPSA) is 74.3 Å². The van der Waals surface area contributed by atoms with Crippen LogP contribution in [0.25, 0.3) is 0 Å². The summed E-state index contributed by atoms with van der Waals surface area (Å²) in [5.74, 6) is -0.762. The van der Waals surface area contributed by atoms with E-state index < -0.39 is 15.8 Å². The van der Waals surface area contributed by atoms with E-state index in [0.717, 1.165) is 21.2 Å². The Hall–Kier alpha value is -2.03. The molecule has 0 saturated heterocycles. The van der Waals surface area contributed by atoms with Crippen molar-refractivity contribution >= 4 is 21.8 Å². The summed E-state index contributed by atoms with van der Waals surface area (Å²) in [6.07, 6.45) is 4.68. The van der Waals surface area contributed by atoms with Crippen LogP contribution in [-0.2, 0) is 16.6 Å². The predicted octanol–water partition coefficient (Wildman–Crippen LogP) is 3.33.